The summed E-state index contributed by atoms with van der Waals surface area (Å²) in [5, 5.41) is 2.78. The number of fused-ring (bicyclic) bond motifs is 1. The Balaban J connectivity index is 1.72. The molecule has 1 N–H and O–H groups in total. The predicted octanol–water partition coefficient (Wildman–Crippen LogP) is 3.10. The van der Waals surface area contributed by atoms with Crippen molar-refractivity contribution >= 4 is 29.3 Å². The Morgan fingerprint density at radius 2 is 1.89 bits per heavy atom. The number of amides is 2. The van der Waals surface area contributed by atoms with Gasteiger partial charge >= 0.3 is 0 Å². The second-order valence-corrected chi connectivity index (χ2v) is 6.28. The van der Waals surface area contributed by atoms with Gasteiger partial charge in [0.25, 0.3) is 5.91 Å². The van der Waals surface area contributed by atoms with Crippen molar-refractivity contribution in [3.8, 4) is 17.2 Å². The number of likely N-dealkylation sites (N-methyl/N-ethyl adjacent to an activating group) is 1. The topological polar surface area (TPSA) is 77.1 Å². The normalized spacial score (nSPS) is 15.8. The first-order valence-electron chi connectivity index (χ1n) is 8.72. The third-order valence-electron chi connectivity index (χ3n) is 4.40. The van der Waals surface area contributed by atoms with E-state index in [1.54, 1.807) is 64.6 Å². The van der Waals surface area contributed by atoms with Crippen molar-refractivity contribution in [1.29, 1.82) is 0 Å². The van der Waals surface area contributed by atoms with E-state index < -0.39 is 6.10 Å². The number of nitrogens with zero attached hydrogens (tertiary/aromatic N) is 1. The molecule has 28 heavy (non-hydrogen) atoms. The number of hydrogen-bond donors (Lipinski definition) is 1. The summed E-state index contributed by atoms with van der Waals surface area (Å²) < 4.78 is 16.0. The third kappa shape index (κ3) is 3.93. The van der Waals surface area contributed by atoms with Crippen LogP contribution in [0.5, 0.6) is 17.2 Å². The van der Waals surface area contributed by atoms with E-state index in [1.807, 2.05) is 6.07 Å². The fraction of sp³-hybridized carbons (Fsp3) is 0.238. The zero-order valence-corrected chi connectivity index (χ0v) is 16.2. The summed E-state index contributed by atoms with van der Waals surface area (Å²) in [5.74, 6) is 1.38. The van der Waals surface area contributed by atoms with Gasteiger partial charge < -0.3 is 24.4 Å². The van der Waals surface area contributed by atoms with E-state index in [9.17, 15) is 9.59 Å². The number of carbonyl (C=O) groups excluding carboxylic acids is 2. The van der Waals surface area contributed by atoms with Gasteiger partial charge in [0.15, 0.2) is 17.6 Å². The van der Waals surface area contributed by atoms with Crippen LogP contribution in [0.15, 0.2) is 42.5 Å². The van der Waals surface area contributed by atoms with Gasteiger partial charge in [-0.2, -0.15) is 0 Å². The second kappa shape index (κ2) is 8.04. The van der Waals surface area contributed by atoms with Gasteiger partial charge in [-0.1, -0.05) is 6.07 Å². The SMILES string of the molecule is COc1ccc(/C=C/C(=O)Nc2ccc3c(c2)N(C)C(=O)[C@@H](C)O3)cc1OC. The molecule has 0 aliphatic carbocycles. The molecule has 7 heteroatoms. The molecule has 0 unspecified atom stereocenters. The Bertz CT molecular complexity index is 938. The van der Waals surface area contributed by atoms with Crippen LogP contribution in [0, 0.1) is 0 Å². The quantitative estimate of drug-likeness (QED) is 0.804. The Morgan fingerprint density at radius 1 is 1.14 bits per heavy atom. The molecular formula is C21H22N2O5. The van der Waals surface area contributed by atoms with Crippen molar-refractivity contribution < 1.29 is 23.8 Å². The van der Waals surface area contributed by atoms with Crippen molar-refractivity contribution in [3.05, 3.63) is 48.0 Å². The third-order valence-corrected chi connectivity index (χ3v) is 4.40. The smallest absolute Gasteiger partial charge is 0.267 e. The van der Waals surface area contributed by atoms with Gasteiger partial charge in [0.05, 0.1) is 19.9 Å². The van der Waals surface area contributed by atoms with Crippen molar-refractivity contribution in [2.75, 3.05) is 31.5 Å². The van der Waals surface area contributed by atoms with Crippen LogP contribution in [0.2, 0.25) is 0 Å². The minimum Gasteiger partial charge on any atom is -0.493 e. The predicted molar refractivity (Wildman–Crippen MR) is 107 cm³/mol. The molecule has 2 aromatic rings. The highest BCUT2D eigenvalue weighted by atomic mass is 16.5. The molecule has 2 aromatic carbocycles. The maximum Gasteiger partial charge on any atom is 0.267 e. The molecule has 0 aromatic heterocycles. The number of nitrogens with one attached hydrogen (secondary N) is 1. The van der Waals surface area contributed by atoms with Crippen molar-refractivity contribution in [2.24, 2.45) is 0 Å². The van der Waals surface area contributed by atoms with Crippen molar-refractivity contribution in [3.63, 3.8) is 0 Å². The van der Waals surface area contributed by atoms with Crippen LogP contribution in [0.4, 0.5) is 11.4 Å². The highest BCUT2D eigenvalue weighted by Crippen LogP contribution is 2.35. The van der Waals surface area contributed by atoms with Crippen LogP contribution in [-0.2, 0) is 9.59 Å². The maximum absolute atomic E-state index is 12.3. The second-order valence-electron chi connectivity index (χ2n) is 6.28. The van der Waals surface area contributed by atoms with Crippen LogP contribution in [0.25, 0.3) is 6.08 Å². The summed E-state index contributed by atoms with van der Waals surface area (Å²) in [6, 6.07) is 10.6. The molecule has 0 saturated carbocycles. The zero-order valence-electron chi connectivity index (χ0n) is 16.2. The molecule has 3 rings (SSSR count). The molecule has 0 spiro atoms. The van der Waals surface area contributed by atoms with Gasteiger partial charge in [-0.15, -0.1) is 0 Å². The van der Waals surface area contributed by atoms with Crippen LogP contribution in [-0.4, -0.2) is 39.2 Å². The van der Waals surface area contributed by atoms with Gasteiger partial charge in [-0.25, -0.2) is 0 Å². The lowest BCUT2D eigenvalue weighted by molar-refractivity contribution is -0.125. The van der Waals surface area contributed by atoms with E-state index in [0.717, 1.165) is 5.56 Å². The molecule has 146 valence electrons. The van der Waals surface area contributed by atoms with Crippen LogP contribution < -0.4 is 24.4 Å². The van der Waals surface area contributed by atoms with E-state index in [-0.39, 0.29) is 11.8 Å². The van der Waals surface area contributed by atoms with Crippen LogP contribution >= 0.6 is 0 Å². The number of ether oxygens (including phenoxy) is 3. The highest BCUT2D eigenvalue weighted by Gasteiger charge is 2.28. The molecule has 0 fully saturated rings. The minimum absolute atomic E-state index is 0.135. The lowest BCUT2D eigenvalue weighted by atomic mass is 10.1. The maximum atomic E-state index is 12.3. The Kier molecular flexibility index (Phi) is 5.54. The first-order chi connectivity index (χ1) is 13.4. The first kappa shape index (κ1) is 19.3. The first-order valence-corrected chi connectivity index (χ1v) is 8.72. The average Bonchev–Trinajstić information content (AvgIpc) is 2.70. The van der Waals surface area contributed by atoms with Crippen molar-refractivity contribution in [2.45, 2.75) is 13.0 Å². The number of methoxy groups -OCH3 is 2. The Labute approximate surface area is 163 Å². The van der Waals surface area contributed by atoms with Crippen LogP contribution in [0.3, 0.4) is 0 Å². The summed E-state index contributed by atoms with van der Waals surface area (Å²) in [7, 11) is 4.80. The summed E-state index contributed by atoms with van der Waals surface area (Å²) in [4.78, 5) is 25.9. The molecular weight excluding hydrogens is 360 g/mol. The minimum atomic E-state index is -0.526. The van der Waals surface area contributed by atoms with E-state index >= 15 is 0 Å². The highest BCUT2D eigenvalue weighted by molar-refractivity contribution is 6.04. The average molecular weight is 382 g/mol. The van der Waals surface area contributed by atoms with E-state index in [4.69, 9.17) is 14.2 Å². The number of benzene rings is 2. The van der Waals surface area contributed by atoms with Gasteiger partial charge in [0, 0.05) is 18.8 Å². The zero-order chi connectivity index (χ0) is 20.3. The standard InChI is InChI=1S/C21H22N2O5/c1-13-21(25)23(2)16-12-15(7-9-17(16)28-13)22-20(24)10-6-14-5-8-18(26-3)19(11-14)27-4/h5-13H,1-4H3,(H,22,24)/b10-6+/t13-/m1/s1. The van der Waals surface area contributed by atoms with Gasteiger partial charge in [-0.3, -0.25) is 9.59 Å². The van der Waals surface area contributed by atoms with E-state index in [2.05, 4.69) is 5.32 Å². The monoisotopic (exact) mass is 382 g/mol. The van der Waals surface area contributed by atoms with Gasteiger partial charge in [0.2, 0.25) is 5.91 Å². The molecule has 1 aliphatic heterocycles. The summed E-state index contributed by atoms with van der Waals surface area (Å²) in [5.41, 5.74) is 1.98. The molecule has 7 nitrogen and oxygen atoms in total. The van der Waals surface area contributed by atoms with Gasteiger partial charge in [-0.05, 0) is 48.9 Å². The molecule has 1 aliphatic rings. The molecule has 1 heterocycles. The number of anilines is 2. The molecule has 1 atom stereocenters. The lowest BCUT2D eigenvalue weighted by Crippen LogP contribution is -2.41. The molecule has 0 saturated heterocycles. The van der Waals surface area contributed by atoms with Crippen molar-refractivity contribution in [1.82, 2.24) is 0 Å². The largest absolute Gasteiger partial charge is 0.493 e. The fourth-order valence-electron chi connectivity index (χ4n) is 2.90. The van der Waals surface area contributed by atoms with E-state index in [1.165, 1.54) is 11.0 Å². The number of carbonyl (C=O) groups is 2. The summed E-state index contributed by atoms with van der Waals surface area (Å²) in [6.07, 6.45) is 2.58. The molecule has 2 amide bonds. The number of rotatable bonds is 5. The Hall–Kier alpha value is -3.48. The number of hydrogen-bond acceptors (Lipinski definition) is 5. The fourth-order valence-corrected chi connectivity index (χ4v) is 2.90. The van der Waals surface area contributed by atoms with E-state index in [0.29, 0.717) is 28.6 Å². The lowest BCUT2D eigenvalue weighted by Gasteiger charge is -2.30. The molecule has 0 radical (unpaired) electrons. The van der Waals surface area contributed by atoms with Gasteiger partial charge in [0.1, 0.15) is 5.75 Å². The Morgan fingerprint density at radius 3 is 2.61 bits per heavy atom. The summed E-state index contributed by atoms with van der Waals surface area (Å²) in [6.45, 7) is 1.70. The van der Waals surface area contributed by atoms with Crippen LogP contribution in [0.1, 0.15) is 12.5 Å². The summed E-state index contributed by atoms with van der Waals surface area (Å²) >= 11 is 0. The molecule has 0 bridgehead atoms.